The molecule has 2 aromatic rings. The lowest BCUT2D eigenvalue weighted by Crippen LogP contribution is -2.03. The molecule has 1 fully saturated rings. The quantitative estimate of drug-likeness (QED) is 0.775. The summed E-state index contributed by atoms with van der Waals surface area (Å²) in [6.07, 6.45) is 3.70. The molecular weight excluding hydrogens is 263 g/mol. The molecule has 0 aliphatic heterocycles. The van der Waals surface area contributed by atoms with E-state index >= 15 is 0 Å². The van der Waals surface area contributed by atoms with Crippen LogP contribution in [0, 0.1) is 5.82 Å². The van der Waals surface area contributed by atoms with Crippen molar-refractivity contribution in [1.82, 2.24) is 10.2 Å². The van der Waals surface area contributed by atoms with Crippen LogP contribution >= 0.6 is 11.6 Å². The molecule has 19 heavy (non-hydrogen) atoms. The van der Waals surface area contributed by atoms with Crippen LogP contribution in [0.2, 0.25) is 5.02 Å². The number of rotatable bonds is 1. The molecule has 4 heteroatoms. The van der Waals surface area contributed by atoms with E-state index in [9.17, 15) is 4.39 Å². The standard InChI is InChI=1S/C15H12ClFN2/c16-13-6-10(17)3-4-11(13)14-7-12-8-1-2-9(5-8)15(12)19-18-14/h3-4,6-9H,1-2,5H2. The molecule has 0 N–H and O–H groups in total. The highest BCUT2D eigenvalue weighted by atomic mass is 35.5. The van der Waals surface area contributed by atoms with Crippen molar-refractivity contribution in [1.29, 1.82) is 0 Å². The topological polar surface area (TPSA) is 25.8 Å². The predicted molar refractivity (Wildman–Crippen MR) is 71.8 cm³/mol. The monoisotopic (exact) mass is 274 g/mol. The highest BCUT2D eigenvalue weighted by molar-refractivity contribution is 6.33. The number of halogens is 2. The molecule has 1 heterocycles. The first-order valence-electron chi connectivity index (χ1n) is 6.55. The van der Waals surface area contributed by atoms with E-state index < -0.39 is 0 Å². The zero-order chi connectivity index (χ0) is 13.0. The van der Waals surface area contributed by atoms with Gasteiger partial charge in [0.1, 0.15) is 5.82 Å². The Morgan fingerprint density at radius 2 is 1.95 bits per heavy atom. The lowest BCUT2D eigenvalue weighted by Gasteiger charge is -2.14. The minimum Gasteiger partial charge on any atom is -0.207 e. The molecule has 2 aliphatic rings. The van der Waals surface area contributed by atoms with E-state index in [1.807, 2.05) is 0 Å². The molecule has 1 aromatic carbocycles. The first kappa shape index (κ1) is 11.4. The zero-order valence-electron chi connectivity index (χ0n) is 10.2. The number of fused-ring (bicyclic) bond motifs is 5. The summed E-state index contributed by atoms with van der Waals surface area (Å²) in [4.78, 5) is 0. The Bertz CT molecular complexity index is 671. The second kappa shape index (κ2) is 4.01. The van der Waals surface area contributed by atoms with Crippen LogP contribution in [0.25, 0.3) is 11.3 Å². The normalized spacial score (nSPS) is 23.7. The van der Waals surface area contributed by atoms with Crippen LogP contribution in [0.3, 0.4) is 0 Å². The Balaban J connectivity index is 1.83. The van der Waals surface area contributed by atoms with Gasteiger partial charge in [-0.05, 0) is 55.0 Å². The number of aromatic nitrogens is 2. The summed E-state index contributed by atoms with van der Waals surface area (Å²) in [7, 11) is 0. The molecule has 0 amide bonds. The Morgan fingerprint density at radius 1 is 1.11 bits per heavy atom. The fourth-order valence-corrected chi connectivity index (χ4v) is 3.67. The van der Waals surface area contributed by atoms with E-state index in [0.29, 0.717) is 16.9 Å². The van der Waals surface area contributed by atoms with Gasteiger partial charge in [0.05, 0.1) is 16.4 Å². The van der Waals surface area contributed by atoms with Crippen molar-refractivity contribution in [2.45, 2.75) is 31.1 Å². The van der Waals surface area contributed by atoms with Gasteiger partial charge in [-0.3, -0.25) is 0 Å². The van der Waals surface area contributed by atoms with Crippen molar-refractivity contribution in [3.63, 3.8) is 0 Å². The summed E-state index contributed by atoms with van der Waals surface area (Å²) < 4.78 is 13.1. The van der Waals surface area contributed by atoms with Crippen LogP contribution in [0.15, 0.2) is 24.3 Å². The van der Waals surface area contributed by atoms with Crippen LogP contribution < -0.4 is 0 Å². The maximum Gasteiger partial charge on any atom is 0.124 e. The third kappa shape index (κ3) is 1.68. The number of benzene rings is 1. The average molecular weight is 275 g/mol. The molecule has 2 unspecified atom stereocenters. The molecule has 96 valence electrons. The Hall–Kier alpha value is -1.48. The fourth-order valence-electron chi connectivity index (χ4n) is 3.40. The minimum absolute atomic E-state index is 0.332. The van der Waals surface area contributed by atoms with E-state index in [1.165, 1.54) is 42.7 Å². The van der Waals surface area contributed by atoms with Crippen molar-refractivity contribution in [2.24, 2.45) is 0 Å². The summed E-state index contributed by atoms with van der Waals surface area (Å²) in [5, 5.41) is 9.04. The molecule has 0 saturated heterocycles. The van der Waals surface area contributed by atoms with Gasteiger partial charge in [-0.15, -0.1) is 0 Å². The highest BCUT2D eigenvalue weighted by Crippen LogP contribution is 2.52. The molecule has 1 aromatic heterocycles. The number of nitrogens with zero attached hydrogens (tertiary/aromatic N) is 2. The van der Waals surface area contributed by atoms with Crippen LogP contribution in [0.4, 0.5) is 4.39 Å². The number of hydrogen-bond donors (Lipinski definition) is 0. The first-order valence-corrected chi connectivity index (χ1v) is 6.93. The van der Waals surface area contributed by atoms with E-state index in [-0.39, 0.29) is 5.82 Å². The van der Waals surface area contributed by atoms with E-state index in [4.69, 9.17) is 11.6 Å². The second-order valence-corrected chi connectivity index (χ2v) is 5.81. The summed E-state index contributed by atoms with van der Waals surface area (Å²) in [6.45, 7) is 0. The van der Waals surface area contributed by atoms with Crippen molar-refractivity contribution in [2.75, 3.05) is 0 Å². The SMILES string of the molecule is Fc1ccc(-c2cc3c(nn2)C2CCC3C2)c(Cl)c1. The maximum absolute atomic E-state index is 13.1. The van der Waals surface area contributed by atoms with Gasteiger partial charge in [0.2, 0.25) is 0 Å². The average Bonchev–Trinajstić information content (AvgIpc) is 3.00. The van der Waals surface area contributed by atoms with Crippen LogP contribution in [0.1, 0.15) is 42.4 Å². The van der Waals surface area contributed by atoms with Gasteiger partial charge in [-0.25, -0.2) is 4.39 Å². The molecular formula is C15H12ClFN2. The van der Waals surface area contributed by atoms with Crippen molar-refractivity contribution >= 4 is 11.6 Å². The van der Waals surface area contributed by atoms with Crippen molar-refractivity contribution in [3.8, 4) is 11.3 Å². The Morgan fingerprint density at radius 3 is 2.79 bits per heavy atom. The smallest absolute Gasteiger partial charge is 0.124 e. The zero-order valence-corrected chi connectivity index (χ0v) is 11.0. The van der Waals surface area contributed by atoms with Gasteiger partial charge in [0.15, 0.2) is 0 Å². The van der Waals surface area contributed by atoms with Gasteiger partial charge in [0, 0.05) is 11.5 Å². The largest absolute Gasteiger partial charge is 0.207 e. The summed E-state index contributed by atoms with van der Waals surface area (Å²) in [5.74, 6) is 0.903. The second-order valence-electron chi connectivity index (χ2n) is 5.40. The van der Waals surface area contributed by atoms with Crippen LogP contribution in [-0.2, 0) is 0 Å². The fraction of sp³-hybridized carbons (Fsp3) is 0.333. The molecule has 0 radical (unpaired) electrons. The van der Waals surface area contributed by atoms with Gasteiger partial charge in [-0.1, -0.05) is 11.6 Å². The Kier molecular flexibility index (Phi) is 2.39. The third-order valence-corrected chi connectivity index (χ3v) is 4.63. The van der Waals surface area contributed by atoms with Gasteiger partial charge in [0.25, 0.3) is 0 Å². The lowest BCUT2D eigenvalue weighted by atomic mass is 9.95. The number of hydrogen-bond acceptors (Lipinski definition) is 2. The van der Waals surface area contributed by atoms with E-state index in [0.717, 1.165) is 11.3 Å². The molecule has 2 atom stereocenters. The van der Waals surface area contributed by atoms with Gasteiger partial charge < -0.3 is 0 Å². The first-order chi connectivity index (χ1) is 9.22. The molecule has 1 saturated carbocycles. The summed E-state index contributed by atoms with van der Waals surface area (Å²) in [5.41, 5.74) is 3.98. The van der Waals surface area contributed by atoms with Crippen LogP contribution in [-0.4, -0.2) is 10.2 Å². The molecule has 2 bridgehead atoms. The molecule has 0 spiro atoms. The lowest BCUT2D eigenvalue weighted by molar-refractivity contribution is 0.628. The van der Waals surface area contributed by atoms with Crippen molar-refractivity contribution < 1.29 is 4.39 Å². The Labute approximate surface area is 115 Å². The van der Waals surface area contributed by atoms with Crippen LogP contribution in [0.5, 0.6) is 0 Å². The predicted octanol–water partition coefficient (Wildman–Crippen LogP) is 4.30. The summed E-state index contributed by atoms with van der Waals surface area (Å²) in [6, 6.07) is 6.48. The van der Waals surface area contributed by atoms with E-state index in [1.54, 1.807) is 6.07 Å². The molecule has 4 rings (SSSR count). The van der Waals surface area contributed by atoms with E-state index in [2.05, 4.69) is 16.3 Å². The van der Waals surface area contributed by atoms with Gasteiger partial charge in [-0.2, -0.15) is 10.2 Å². The molecule has 2 aliphatic carbocycles. The molecule has 2 nitrogen and oxygen atoms in total. The summed E-state index contributed by atoms with van der Waals surface area (Å²) >= 11 is 6.09. The highest BCUT2D eigenvalue weighted by Gasteiger charge is 2.38. The maximum atomic E-state index is 13.1. The van der Waals surface area contributed by atoms with Crippen molar-refractivity contribution in [3.05, 3.63) is 46.4 Å². The third-order valence-electron chi connectivity index (χ3n) is 4.32. The van der Waals surface area contributed by atoms with Gasteiger partial charge >= 0.3 is 0 Å². The minimum atomic E-state index is -0.332.